The smallest absolute Gasteiger partial charge is 0.333 e. The second-order valence-electron chi connectivity index (χ2n) is 8.97. The molecule has 1 aliphatic carbocycles. The average Bonchev–Trinajstić information content (AvgIpc) is 3.14. The Kier molecular flexibility index (Phi) is 3.33. The first-order valence-electron chi connectivity index (χ1n) is 9.78. The molecule has 6 atom stereocenters. The molecule has 6 heteroatoms. The highest BCUT2D eigenvalue weighted by Gasteiger charge is 2.69. The Balaban J connectivity index is 1.82. The van der Waals surface area contributed by atoms with Crippen LogP contribution < -0.4 is 10.1 Å². The average molecular weight is 371 g/mol. The summed E-state index contributed by atoms with van der Waals surface area (Å²) in [4.78, 5) is 12.4. The third-order valence-electron chi connectivity index (χ3n) is 7.87. The Labute approximate surface area is 159 Å². The van der Waals surface area contributed by atoms with E-state index in [9.17, 15) is 15.0 Å². The van der Waals surface area contributed by atoms with Crippen molar-refractivity contribution < 1.29 is 24.2 Å². The van der Waals surface area contributed by atoms with Gasteiger partial charge < -0.3 is 24.7 Å². The predicted molar refractivity (Wildman–Crippen MR) is 101 cm³/mol. The number of aliphatic hydroxyl groups is 1. The van der Waals surface area contributed by atoms with Crippen molar-refractivity contribution in [3.8, 4) is 5.75 Å². The second kappa shape index (κ2) is 5.26. The quantitative estimate of drug-likeness (QED) is 0.708. The summed E-state index contributed by atoms with van der Waals surface area (Å²) in [7, 11) is 3.94. The minimum atomic E-state index is -0.860. The van der Waals surface area contributed by atoms with E-state index >= 15 is 0 Å². The lowest BCUT2D eigenvalue weighted by Gasteiger charge is -2.54. The molecule has 144 valence electrons. The van der Waals surface area contributed by atoms with Crippen LogP contribution in [0.4, 0.5) is 5.69 Å². The number of para-hydroxylation sites is 1. The summed E-state index contributed by atoms with van der Waals surface area (Å²) in [6.07, 6.45) is 1.22. The van der Waals surface area contributed by atoms with Crippen LogP contribution in [0.15, 0.2) is 29.5 Å². The molecular formula is C21H27N2O4+. The van der Waals surface area contributed by atoms with Crippen LogP contribution in [-0.4, -0.2) is 60.1 Å². The molecule has 0 radical (unpaired) electrons. The number of benzene rings is 1. The summed E-state index contributed by atoms with van der Waals surface area (Å²) in [6, 6.07) is 6.40. The van der Waals surface area contributed by atoms with E-state index in [0.29, 0.717) is 11.6 Å². The highest BCUT2D eigenvalue weighted by atomic mass is 16.5. The van der Waals surface area contributed by atoms with E-state index in [0.717, 1.165) is 47.5 Å². The standard InChI is InChI=1S/C21H26N2O4/c1-11(24)13-10-23(2)8-7-21-14-5-4-6-15(27-3)18(14)22-19(21)17(20(25)26)12(13)9-16(21)23/h4-6,11-13,16,22,24H,7-10H2,1-3H3/p+1/t11-,12+,13+,16+,21-,23?/m1/s1. The number of carboxylic acid groups (broad SMARTS) is 1. The van der Waals surface area contributed by atoms with Gasteiger partial charge in [0.2, 0.25) is 0 Å². The minimum absolute atomic E-state index is 0.0339. The van der Waals surface area contributed by atoms with Crippen LogP contribution in [0.3, 0.4) is 0 Å². The topological polar surface area (TPSA) is 78.8 Å². The second-order valence-corrected chi connectivity index (χ2v) is 8.97. The van der Waals surface area contributed by atoms with E-state index < -0.39 is 12.1 Å². The maximum absolute atomic E-state index is 12.4. The molecule has 6 nitrogen and oxygen atoms in total. The Hall–Kier alpha value is -2.05. The monoisotopic (exact) mass is 371 g/mol. The van der Waals surface area contributed by atoms with E-state index in [2.05, 4.69) is 18.4 Å². The van der Waals surface area contributed by atoms with Gasteiger partial charge in [0.15, 0.2) is 0 Å². The van der Waals surface area contributed by atoms with Crippen LogP contribution in [0.1, 0.15) is 25.3 Å². The molecule has 0 amide bonds. The molecule has 1 spiro atoms. The van der Waals surface area contributed by atoms with Gasteiger partial charge >= 0.3 is 5.97 Å². The molecule has 2 saturated heterocycles. The van der Waals surface area contributed by atoms with Gasteiger partial charge in [0, 0.05) is 30.4 Å². The maximum Gasteiger partial charge on any atom is 0.333 e. The number of rotatable bonds is 3. The normalized spacial score (nSPS) is 39.5. The molecule has 3 heterocycles. The molecule has 27 heavy (non-hydrogen) atoms. The van der Waals surface area contributed by atoms with Crippen LogP contribution >= 0.6 is 0 Å². The summed E-state index contributed by atoms with van der Waals surface area (Å²) < 4.78 is 6.48. The molecule has 5 rings (SSSR count). The Morgan fingerprint density at radius 3 is 2.89 bits per heavy atom. The molecule has 1 aromatic carbocycles. The third kappa shape index (κ3) is 1.90. The summed E-state index contributed by atoms with van der Waals surface area (Å²) in [5.74, 6) is -0.252. The van der Waals surface area contributed by atoms with Crippen molar-refractivity contribution in [1.29, 1.82) is 0 Å². The highest BCUT2D eigenvalue weighted by Crippen LogP contribution is 2.64. The molecule has 2 bridgehead atoms. The summed E-state index contributed by atoms with van der Waals surface area (Å²) in [5, 5.41) is 24.1. The van der Waals surface area contributed by atoms with Crippen molar-refractivity contribution in [1.82, 2.24) is 0 Å². The number of aliphatic hydroxyl groups excluding tert-OH is 1. The summed E-state index contributed by atoms with van der Waals surface area (Å²) >= 11 is 0. The van der Waals surface area contributed by atoms with Gasteiger partial charge in [0.1, 0.15) is 11.8 Å². The molecule has 0 saturated carbocycles. The van der Waals surface area contributed by atoms with Gasteiger partial charge in [0.05, 0.1) is 50.0 Å². The fraction of sp³-hybridized carbons (Fsp3) is 0.571. The van der Waals surface area contributed by atoms with Crippen molar-refractivity contribution in [2.24, 2.45) is 11.8 Å². The maximum atomic E-state index is 12.4. The van der Waals surface area contributed by atoms with Crippen LogP contribution in [0.2, 0.25) is 0 Å². The zero-order valence-electron chi connectivity index (χ0n) is 16.0. The van der Waals surface area contributed by atoms with Crippen molar-refractivity contribution in [3.63, 3.8) is 0 Å². The zero-order valence-corrected chi connectivity index (χ0v) is 16.0. The van der Waals surface area contributed by atoms with Crippen LogP contribution in [0.25, 0.3) is 0 Å². The number of hydrogen-bond acceptors (Lipinski definition) is 4. The van der Waals surface area contributed by atoms with E-state index in [1.807, 2.05) is 12.1 Å². The van der Waals surface area contributed by atoms with Crippen molar-refractivity contribution in [3.05, 3.63) is 35.0 Å². The molecule has 0 aromatic heterocycles. The van der Waals surface area contributed by atoms with Crippen molar-refractivity contribution in [2.75, 3.05) is 32.6 Å². The lowest BCUT2D eigenvalue weighted by atomic mass is 9.59. The number of ether oxygens (including phenoxy) is 1. The number of hydrogen-bond donors (Lipinski definition) is 3. The Bertz CT molecular complexity index is 879. The highest BCUT2D eigenvalue weighted by molar-refractivity contribution is 5.92. The number of carbonyl (C=O) groups is 1. The number of fused-ring (bicyclic) bond motifs is 2. The minimum Gasteiger partial charge on any atom is -0.495 e. The number of methoxy groups -OCH3 is 1. The number of aliphatic carboxylic acids is 1. The summed E-state index contributed by atoms with van der Waals surface area (Å²) in [5.41, 5.74) is 3.14. The summed E-state index contributed by atoms with van der Waals surface area (Å²) in [6.45, 7) is 3.63. The molecule has 3 N–H and O–H groups in total. The lowest BCUT2D eigenvalue weighted by Crippen LogP contribution is -2.65. The Morgan fingerprint density at radius 2 is 2.22 bits per heavy atom. The van der Waals surface area contributed by atoms with E-state index in [1.165, 1.54) is 5.56 Å². The molecular weight excluding hydrogens is 344 g/mol. The first-order chi connectivity index (χ1) is 12.8. The van der Waals surface area contributed by atoms with Gasteiger partial charge in [-0.05, 0) is 18.6 Å². The molecule has 4 aliphatic rings. The third-order valence-corrected chi connectivity index (χ3v) is 7.87. The Morgan fingerprint density at radius 1 is 1.44 bits per heavy atom. The number of nitrogens with zero attached hydrogens (tertiary/aromatic N) is 1. The van der Waals surface area contributed by atoms with Gasteiger partial charge in [-0.1, -0.05) is 12.1 Å². The number of nitrogens with one attached hydrogen (secondary N) is 1. The van der Waals surface area contributed by atoms with Gasteiger partial charge in [0.25, 0.3) is 0 Å². The first kappa shape index (κ1) is 17.1. The fourth-order valence-corrected chi connectivity index (χ4v) is 6.74. The number of piperidine rings is 1. The van der Waals surface area contributed by atoms with Gasteiger partial charge in [-0.3, -0.25) is 0 Å². The van der Waals surface area contributed by atoms with E-state index in [4.69, 9.17) is 4.74 Å². The predicted octanol–water partition coefficient (Wildman–Crippen LogP) is 1.95. The van der Waals surface area contributed by atoms with Crippen LogP contribution in [0.5, 0.6) is 5.75 Å². The lowest BCUT2D eigenvalue weighted by molar-refractivity contribution is -0.933. The number of carboxylic acids is 1. The number of likely N-dealkylation sites (N-methyl/N-ethyl adjacent to an activating group) is 1. The SMILES string of the molecule is COc1cccc2c1NC1=C(C(=O)O)[C@H]3C[C@H]4[C@]12CC[N+]4(C)C[C@H]3[C@@H](C)O. The van der Waals surface area contributed by atoms with Crippen LogP contribution in [0, 0.1) is 11.8 Å². The van der Waals surface area contributed by atoms with Crippen LogP contribution in [-0.2, 0) is 10.2 Å². The molecule has 2 fully saturated rings. The van der Waals surface area contributed by atoms with Gasteiger partial charge in [-0.2, -0.15) is 0 Å². The van der Waals surface area contributed by atoms with Gasteiger partial charge in [-0.15, -0.1) is 0 Å². The number of quaternary nitrogens is 1. The van der Waals surface area contributed by atoms with E-state index in [-0.39, 0.29) is 17.3 Å². The molecule has 1 unspecified atom stereocenters. The molecule has 3 aliphatic heterocycles. The van der Waals surface area contributed by atoms with E-state index in [1.54, 1.807) is 14.0 Å². The van der Waals surface area contributed by atoms with Crippen molar-refractivity contribution in [2.45, 2.75) is 37.3 Å². The van der Waals surface area contributed by atoms with Gasteiger partial charge in [-0.25, -0.2) is 4.79 Å². The van der Waals surface area contributed by atoms with Crippen molar-refractivity contribution >= 4 is 11.7 Å². The zero-order chi connectivity index (χ0) is 19.1. The molecule has 1 aromatic rings. The number of anilines is 1. The first-order valence-corrected chi connectivity index (χ1v) is 9.78. The largest absolute Gasteiger partial charge is 0.495 e. The fourth-order valence-electron chi connectivity index (χ4n) is 6.74.